The van der Waals surface area contributed by atoms with Crippen molar-refractivity contribution in [3.8, 4) is 5.75 Å². The third-order valence-electron chi connectivity index (χ3n) is 6.82. The molecule has 3 fully saturated rings. The highest BCUT2D eigenvalue weighted by molar-refractivity contribution is 8.16. The Hall–Kier alpha value is -0.870. The van der Waals surface area contributed by atoms with Crippen molar-refractivity contribution in [2.24, 2.45) is 16.7 Å². The topological polar surface area (TPSA) is 37.3 Å². The smallest absolute Gasteiger partial charge is 0.165 e. The summed E-state index contributed by atoms with van der Waals surface area (Å²) in [6, 6.07) is 5.83. The second-order valence-electron chi connectivity index (χ2n) is 8.32. The average Bonchev–Trinajstić information content (AvgIpc) is 2.91. The van der Waals surface area contributed by atoms with E-state index in [1.165, 1.54) is 6.42 Å². The molecule has 2 saturated carbocycles. The summed E-state index contributed by atoms with van der Waals surface area (Å²) < 4.78 is 0.303. The zero-order valence-electron chi connectivity index (χ0n) is 15.2. The Morgan fingerprint density at radius 2 is 1.92 bits per heavy atom. The molecule has 2 atom stereocenters. The molecular formula is C21H26O2S2. The van der Waals surface area contributed by atoms with Gasteiger partial charge >= 0.3 is 0 Å². The maximum atomic E-state index is 13.0. The predicted octanol–water partition coefficient (Wildman–Crippen LogP) is 5.67. The molecule has 4 heteroatoms. The normalized spacial score (nSPS) is 33.3. The molecule has 1 aromatic carbocycles. The lowest BCUT2D eigenvalue weighted by atomic mass is 9.70. The molecule has 1 N–H and O–H groups in total. The Morgan fingerprint density at radius 3 is 2.56 bits per heavy atom. The number of aromatic hydroxyl groups is 1. The van der Waals surface area contributed by atoms with E-state index in [1.54, 1.807) is 6.07 Å². The maximum Gasteiger partial charge on any atom is 0.165 e. The number of phenols is 1. The summed E-state index contributed by atoms with van der Waals surface area (Å²) in [5, 5.41) is 10.3. The van der Waals surface area contributed by atoms with Crippen LogP contribution in [0.4, 0.5) is 0 Å². The second-order valence-corrected chi connectivity index (χ2v) is 11.0. The zero-order valence-corrected chi connectivity index (χ0v) is 16.8. The number of benzene rings is 1. The van der Waals surface area contributed by atoms with E-state index in [0.717, 1.165) is 41.0 Å². The molecule has 0 aromatic heterocycles. The van der Waals surface area contributed by atoms with Crippen LogP contribution in [0.3, 0.4) is 0 Å². The van der Waals surface area contributed by atoms with Crippen LogP contribution in [0.2, 0.25) is 0 Å². The van der Waals surface area contributed by atoms with Crippen molar-refractivity contribution in [2.75, 3.05) is 11.5 Å². The fourth-order valence-corrected chi connectivity index (χ4v) is 7.72. The Labute approximate surface area is 158 Å². The Balaban J connectivity index is 1.70. The van der Waals surface area contributed by atoms with Gasteiger partial charge in [0.25, 0.3) is 0 Å². The molecular weight excluding hydrogens is 348 g/mol. The molecule has 2 aliphatic carbocycles. The lowest BCUT2D eigenvalue weighted by Crippen LogP contribution is -2.32. The van der Waals surface area contributed by atoms with Gasteiger partial charge < -0.3 is 5.11 Å². The first-order valence-electron chi connectivity index (χ1n) is 9.17. The molecule has 4 rings (SSSR count). The van der Waals surface area contributed by atoms with Crippen molar-refractivity contribution >= 4 is 35.4 Å². The number of rotatable bonds is 2. The fraction of sp³-hybridized carbons (Fsp3) is 0.571. The van der Waals surface area contributed by atoms with Gasteiger partial charge in [-0.15, -0.1) is 23.5 Å². The van der Waals surface area contributed by atoms with Gasteiger partial charge in [0.2, 0.25) is 0 Å². The molecule has 0 amide bonds. The number of carbonyl (C=O) groups excluding carboxylic acids is 1. The largest absolute Gasteiger partial charge is 0.508 e. The first-order valence-corrected chi connectivity index (χ1v) is 11.3. The molecule has 1 aliphatic heterocycles. The lowest BCUT2D eigenvalue weighted by Gasteiger charge is -2.31. The first-order chi connectivity index (χ1) is 11.8. The summed E-state index contributed by atoms with van der Waals surface area (Å²) in [7, 11) is 0. The van der Waals surface area contributed by atoms with Crippen LogP contribution in [0.15, 0.2) is 23.8 Å². The van der Waals surface area contributed by atoms with Gasteiger partial charge in [0.1, 0.15) is 5.75 Å². The number of hydrogen-bond acceptors (Lipinski definition) is 4. The third kappa shape index (κ3) is 2.59. The van der Waals surface area contributed by atoms with Crippen LogP contribution in [0, 0.1) is 16.7 Å². The van der Waals surface area contributed by atoms with Gasteiger partial charge in [-0.05, 0) is 71.4 Å². The molecule has 2 bridgehead atoms. The Morgan fingerprint density at radius 1 is 1.20 bits per heavy atom. The van der Waals surface area contributed by atoms with E-state index in [9.17, 15) is 9.90 Å². The number of thioether (sulfide) groups is 2. The first kappa shape index (κ1) is 17.5. The monoisotopic (exact) mass is 374 g/mol. The van der Waals surface area contributed by atoms with Crippen LogP contribution in [0.5, 0.6) is 5.75 Å². The quantitative estimate of drug-likeness (QED) is 0.677. The molecule has 134 valence electrons. The molecule has 25 heavy (non-hydrogen) atoms. The number of fused-ring (bicyclic) bond motifs is 2. The number of ketones is 1. The Kier molecular flexibility index (Phi) is 4.27. The van der Waals surface area contributed by atoms with E-state index in [0.29, 0.717) is 22.0 Å². The minimum atomic E-state index is -0.210. The molecule has 1 aromatic rings. The van der Waals surface area contributed by atoms with E-state index in [-0.39, 0.29) is 10.8 Å². The summed E-state index contributed by atoms with van der Waals surface area (Å²) in [6.07, 6.45) is 5.46. The molecule has 1 saturated heterocycles. The highest BCUT2D eigenvalue weighted by Gasteiger charge is 2.63. The zero-order chi connectivity index (χ0) is 17.8. The standard InChI is InChI=1S/C21H26O2S2/c1-20(2)16-7-8-21(20,3)18(23)14(16)11-13-5-6-17(22)15(12-13)19-24-9-4-10-25-19/h5-6,11-12,16,19,22H,4,7-10H2,1-3H3. The SMILES string of the molecule is CC12CCC(C(=Cc3ccc(O)c(C4SCCCS4)c3)C1=O)C2(C)C. The molecule has 3 aliphatic rings. The van der Waals surface area contributed by atoms with Gasteiger partial charge in [-0.3, -0.25) is 4.79 Å². The Bertz CT molecular complexity index is 746. The number of allylic oxidation sites excluding steroid dienone is 1. The summed E-state index contributed by atoms with van der Waals surface area (Å²) >= 11 is 3.82. The molecule has 2 unspecified atom stereocenters. The maximum absolute atomic E-state index is 13.0. The van der Waals surface area contributed by atoms with Crippen LogP contribution in [-0.4, -0.2) is 22.4 Å². The van der Waals surface area contributed by atoms with Crippen LogP contribution in [0.25, 0.3) is 6.08 Å². The van der Waals surface area contributed by atoms with Crippen LogP contribution in [0.1, 0.15) is 55.7 Å². The average molecular weight is 375 g/mol. The van der Waals surface area contributed by atoms with Gasteiger partial charge in [-0.1, -0.05) is 26.8 Å². The van der Waals surface area contributed by atoms with Gasteiger partial charge in [0.15, 0.2) is 5.78 Å². The summed E-state index contributed by atoms with van der Waals surface area (Å²) in [6.45, 7) is 6.65. The van der Waals surface area contributed by atoms with Gasteiger partial charge in [-0.25, -0.2) is 0 Å². The van der Waals surface area contributed by atoms with Gasteiger partial charge in [0.05, 0.1) is 4.58 Å². The van der Waals surface area contributed by atoms with Crippen molar-refractivity contribution in [1.29, 1.82) is 0 Å². The van der Waals surface area contributed by atoms with Crippen LogP contribution >= 0.6 is 23.5 Å². The molecule has 2 nitrogen and oxygen atoms in total. The van der Waals surface area contributed by atoms with Crippen molar-refractivity contribution in [2.45, 2.75) is 44.6 Å². The predicted molar refractivity (Wildman–Crippen MR) is 108 cm³/mol. The molecule has 0 spiro atoms. The number of Topliss-reactive ketones (excluding diaryl/α,β-unsaturated/α-hetero) is 1. The molecule has 1 heterocycles. The van der Waals surface area contributed by atoms with Crippen LogP contribution < -0.4 is 0 Å². The third-order valence-corrected chi connectivity index (χ3v) is 9.80. The van der Waals surface area contributed by atoms with E-state index in [4.69, 9.17) is 0 Å². The highest BCUT2D eigenvalue weighted by atomic mass is 32.2. The number of phenolic OH excluding ortho intramolecular Hbond substituents is 1. The summed E-state index contributed by atoms with van der Waals surface area (Å²) in [4.78, 5) is 13.0. The minimum Gasteiger partial charge on any atom is -0.508 e. The van der Waals surface area contributed by atoms with E-state index < -0.39 is 0 Å². The van der Waals surface area contributed by atoms with E-state index in [2.05, 4.69) is 32.9 Å². The molecule has 0 radical (unpaired) electrons. The van der Waals surface area contributed by atoms with Crippen LogP contribution in [-0.2, 0) is 4.79 Å². The van der Waals surface area contributed by atoms with E-state index in [1.807, 2.05) is 29.6 Å². The van der Waals surface area contributed by atoms with Crippen molar-refractivity contribution in [3.63, 3.8) is 0 Å². The van der Waals surface area contributed by atoms with Gasteiger partial charge in [-0.2, -0.15) is 0 Å². The van der Waals surface area contributed by atoms with Crippen molar-refractivity contribution < 1.29 is 9.90 Å². The lowest BCUT2D eigenvalue weighted by molar-refractivity contribution is -0.125. The fourth-order valence-electron chi connectivity index (χ4n) is 4.79. The summed E-state index contributed by atoms with van der Waals surface area (Å²) in [5.41, 5.74) is 2.89. The number of hydrogen-bond donors (Lipinski definition) is 1. The second kappa shape index (κ2) is 6.09. The highest BCUT2D eigenvalue weighted by Crippen LogP contribution is 2.65. The van der Waals surface area contributed by atoms with Gasteiger partial charge in [0, 0.05) is 11.0 Å². The van der Waals surface area contributed by atoms with Crippen molar-refractivity contribution in [3.05, 3.63) is 34.9 Å². The minimum absolute atomic E-state index is 0.0464. The number of carbonyl (C=O) groups is 1. The van der Waals surface area contributed by atoms with Crippen molar-refractivity contribution in [1.82, 2.24) is 0 Å². The van der Waals surface area contributed by atoms with E-state index >= 15 is 0 Å². The summed E-state index contributed by atoms with van der Waals surface area (Å²) in [5.74, 6) is 3.37.